The molecular formula is C29H34N4O3S. The zero-order valence-electron chi connectivity index (χ0n) is 22.1. The van der Waals surface area contributed by atoms with E-state index in [0.29, 0.717) is 24.3 Å². The predicted molar refractivity (Wildman–Crippen MR) is 149 cm³/mol. The van der Waals surface area contributed by atoms with Gasteiger partial charge in [0, 0.05) is 29.6 Å². The van der Waals surface area contributed by atoms with Crippen LogP contribution < -0.4 is 5.32 Å². The van der Waals surface area contributed by atoms with Crippen molar-refractivity contribution in [3.63, 3.8) is 0 Å². The Hall–Kier alpha value is -3.65. The minimum absolute atomic E-state index is 0.175. The molecule has 0 saturated carbocycles. The summed E-state index contributed by atoms with van der Waals surface area (Å²) >= 11 is 1.48. The van der Waals surface area contributed by atoms with E-state index in [1.165, 1.54) is 30.0 Å². The Kier molecular flexibility index (Phi) is 10.3. The predicted octanol–water partition coefficient (Wildman–Crippen LogP) is 5.76. The second-order valence-corrected chi connectivity index (χ2v) is 9.71. The fraction of sp³-hybridized carbons (Fsp3) is 0.310. The van der Waals surface area contributed by atoms with Crippen LogP contribution in [-0.4, -0.2) is 39.5 Å². The molecule has 1 N–H and O–H groups in total. The number of aromatic nitrogens is 3. The molecule has 0 spiro atoms. The smallest absolute Gasteiger partial charge is 0.306 e. The van der Waals surface area contributed by atoms with Gasteiger partial charge in [-0.3, -0.25) is 9.59 Å². The van der Waals surface area contributed by atoms with E-state index in [9.17, 15) is 9.59 Å². The number of hydrogen-bond acceptors (Lipinski definition) is 6. The standard InChI is InChI=1S/C29H34N4O3S/c1-6-20(3)16-26-25(19-32-33(26)23-10-8-21(4)9-11-23)24(7-2)29(35)31-18-22-12-14-30-27(17-22)37-15-13-28(34)36-5/h7-12,14,16-17,19H,6,13,15,18H2,1-5H3,(H,31,35)/b20-16+,24-7+. The van der Waals surface area contributed by atoms with Gasteiger partial charge in [-0.1, -0.05) is 36.3 Å². The molecule has 0 fully saturated rings. The van der Waals surface area contributed by atoms with Crippen LogP contribution in [0.15, 0.2) is 65.5 Å². The maximum absolute atomic E-state index is 13.3. The average Bonchev–Trinajstić information content (AvgIpc) is 3.31. The molecule has 1 amide bonds. The summed E-state index contributed by atoms with van der Waals surface area (Å²) in [6.07, 6.45) is 8.61. The van der Waals surface area contributed by atoms with E-state index in [4.69, 9.17) is 0 Å². The largest absolute Gasteiger partial charge is 0.469 e. The molecule has 0 aliphatic rings. The first-order chi connectivity index (χ1) is 17.9. The molecule has 0 saturated heterocycles. The molecule has 7 nitrogen and oxygen atoms in total. The zero-order valence-corrected chi connectivity index (χ0v) is 22.9. The Morgan fingerprint density at radius 2 is 1.95 bits per heavy atom. The van der Waals surface area contributed by atoms with Crippen LogP contribution in [0.3, 0.4) is 0 Å². The van der Waals surface area contributed by atoms with Gasteiger partial charge >= 0.3 is 5.97 Å². The Balaban J connectivity index is 1.78. The lowest BCUT2D eigenvalue weighted by atomic mass is 10.0. The van der Waals surface area contributed by atoms with Crippen LogP contribution in [0.5, 0.6) is 0 Å². The monoisotopic (exact) mass is 518 g/mol. The number of carbonyl (C=O) groups is 2. The van der Waals surface area contributed by atoms with Crippen molar-refractivity contribution in [3.8, 4) is 5.69 Å². The highest BCUT2D eigenvalue weighted by atomic mass is 32.2. The highest BCUT2D eigenvalue weighted by molar-refractivity contribution is 7.99. The van der Waals surface area contributed by atoms with Gasteiger partial charge in [0.05, 0.1) is 36.1 Å². The molecular weight excluding hydrogens is 484 g/mol. The minimum atomic E-state index is -0.246. The summed E-state index contributed by atoms with van der Waals surface area (Å²) in [5.41, 5.74) is 6.46. The summed E-state index contributed by atoms with van der Waals surface area (Å²) in [5, 5.41) is 8.47. The first-order valence-electron chi connectivity index (χ1n) is 12.3. The number of nitrogens with one attached hydrogen (secondary N) is 1. The molecule has 0 atom stereocenters. The van der Waals surface area contributed by atoms with Crippen molar-refractivity contribution in [2.75, 3.05) is 12.9 Å². The third-order valence-electron chi connectivity index (χ3n) is 5.89. The van der Waals surface area contributed by atoms with Gasteiger partial charge < -0.3 is 10.1 Å². The number of methoxy groups -OCH3 is 1. The van der Waals surface area contributed by atoms with Crippen LogP contribution in [0.4, 0.5) is 0 Å². The number of pyridine rings is 1. The molecule has 194 valence electrons. The maximum atomic E-state index is 13.3. The first kappa shape index (κ1) is 27.9. The van der Waals surface area contributed by atoms with E-state index in [1.807, 2.05) is 41.9 Å². The van der Waals surface area contributed by atoms with Crippen LogP contribution in [-0.2, 0) is 20.9 Å². The molecule has 2 heterocycles. The number of thioether (sulfide) groups is 1. The average molecular weight is 519 g/mol. The van der Waals surface area contributed by atoms with E-state index < -0.39 is 0 Å². The van der Waals surface area contributed by atoms with E-state index in [0.717, 1.165) is 34.0 Å². The molecule has 0 aliphatic heterocycles. The number of nitrogens with zero attached hydrogens (tertiary/aromatic N) is 3. The van der Waals surface area contributed by atoms with Crippen molar-refractivity contribution in [3.05, 3.63) is 82.8 Å². The minimum Gasteiger partial charge on any atom is -0.469 e. The number of esters is 1. The van der Waals surface area contributed by atoms with Gasteiger partial charge in [-0.25, -0.2) is 9.67 Å². The maximum Gasteiger partial charge on any atom is 0.306 e. The normalized spacial score (nSPS) is 11.9. The Morgan fingerprint density at radius 1 is 1.19 bits per heavy atom. The Labute approximate surface area is 223 Å². The topological polar surface area (TPSA) is 86.1 Å². The lowest BCUT2D eigenvalue weighted by molar-refractivity contribution is -0.140. The second kappa shape index (κ2) is 13.6. The number of amides is 1. The van der Waals surface area contributed by atoms with Crippen LogP contribution >= 0.6 is 11.8 Å². The number of benzene rings is 1. The summed E-state index contributed by atoms with van der Waals surface area (Å²) < 4.78 is 6.56. The molecule has 2 aromatic heterocycles. The molecule has 37 heavy (non-hydrogen) atoms. The molecule has 0 radical (unpaired) electrons. The van der Waals surface area contributed by atoms with Gasteiger partial charge in [0.15, 0.2) is 0 Å². The van der Waals surface area contributed by atoms with Crippen LogP contribution in [0.2, 0.25) is 0 Å². The van der Waals surface area contributed by atoms with E-state index in [-0.39, 0.29) is 11.9 Å². The molecule has 0 aliphatic carbocycles. The summed E-state index contributed by atoms with van der Waals surface area (Å²) in [6, 6.07) is 12.0. The van der Waals surface area contributed by atoms with Gasteiger partial charge in [-0.2, -0.15) is 5.10 Å². The lowest BCUT2D eigenvalue weighted by Gasteiger charge is -2.12. The van der Waals surface area contributed by atoms with Crippen molar-refractivity contribution in [1.82, 2.24) is 20.1 Å². The SMILES string of the molecule is C/C=C(/C(=O)NCc1ccnc(SCCC(=O)OC)c1)c1cnn(-c2ccc(C)cc2)c1/C=C(\C)CC. The molecule has 0 bridgehead atoms. The van der Waals surface area contributed by atoms with Crippen molar-refractivity contribution in [2.45, 2.75) is 52.1 Å². The number of aryl methyl sites for hydroxylation is 1. The highest BCUT2D eigenvalue weighted by Gasteiger charge is 2.19. The van der Waals surface area contributed by atoms with Crippen LogP contribution in [0.25, 0.3) is 17.3 Å². The summed E-state index contributed by atoms with van der Waals surface area (Å²) in [4.78, 5) is 29.0. The van der Waals surface area contributed by atoms with Gasteiger partial charge in [0.1, 0.15) is 0 Å². The molecule has 3 rings (SSSR count). The molecule has 8 heteroatoms. The number of allylic oxidation sites excluding steroid dienone is 2. The Bertz CT molecular complexity index is 1290. The lowest BCUT2D eigenvalue weighted by Crippen LogP contribution is -2.24. The summed E-state index contributed by atoms with van der Waals surface area (Å²) in [5.74, 6) is 0.159. The third-order valence-corrected chi connectivity index (χ3v) is 6.81. The van der Waals surface area contributed by atoms with Gasteiger partial charge in [0.25, 0.3) is 5.91 Å². The fourth-order valence-corrected chi connectivity index (χ4v) is 4.45. The van der Waals surface area contributed by atoms with Gasteiger partial charge in [-0.05, 0) is 63.1 Å². The third kappa shape index (κ3) is 7.67. The van der Waals surface area contributed by atoms with Crippen molar-refractivity contribution in [1.29, 1.82) is 0 Å². The Morgan fingerprint density at radius 3 is 2.62 bits per heavy atom. The number of rotatable bonds is 11. The second-order valence-electron chi connectivity index (χ2n) is 8.60. The molecule has 1 aromatic carbocycles. The van der Waals surface area contributed by atoms with Crippen molar-refractivity contribution < 1.29 is 14.3 Å². The zero-order chi connectivity index (χ0) is 26.8. The number of carbonyl (C=O) groups excluding carboxylic acids is 2. The number of hydrogen-bond donors (Lipinski definition) is 1. The first-order valence-corrected chi connectivity index (χ1v) is 13.3. The van der Waals surface area contributed by atoms with E-state index >= 15 is 0 Å². The van der Waals surface area contributed by atoms with Crippen molar-refractivity contribution in [2.24, 2.45) is 0 Å². The van der Waals surface area contributed by atoms with Crippen LogP contribution in [0.1, 0.15) is 56.0 Å². The fourth-order valence-electron chi connectivity index (χ4n) is 3.60. The highest BCUT2D eigenvalue weighted by Crippen LogP contribution is 2.26. The van der Waals surface area contributed by atoms with Crippen molar-refractivity contribution >= 4 is 35.3 Å². The van der Waals surface area contributed by atoms with Gasteiger partial charge in [-0.15, -0.1) is 11.8 Å². The van der Waals surface area contributed by atoms with Crippen LogP contribution in [0, 0.1) is 6.92 Å². The van der Waals surface area contributed by atoms with E-state index in [1.54, 1.807) is 12.4 Å². The summed E-state index contributed by atoms with van der Waals surface area (Å²) in [7, 11) is 1.38. The number of ether oxygens (including phenoxy) is 1. The molecule has 0 unspecified atom stereocenters. The quantitative estimate of drug-likeness (QED) is 0.197. The summed E-state index contributed by atoms with van der Waals surface area (Å²) in [6.45, 7) is 8.46. The van der Waals surface area contributed by atoms with Gasteiger partial charge in [0.2, 0.25) is 0 Å². The van der Waals surface area contributed by atoms with E-state index in [2.05, 4.69) is 59.1 Å². The molecule has 3 aromatic rings.